The van der Waals surface area contributed by atoms with Crippen molar-refractivity contribution in [3.8, 4) is 23.3 Å². The summed E-state index contributed by atoms with van der Waals surface area (Å²) in [5.41, 5.74) is 2.70. The van der Waals surface area contributed by atoms with Gasteiger partial charge in [-0.25, -0.2) is 0 Å². The number of amides is 1. The number of anilines is 1. The molecule has 0 saturated carbocycles. The van der Waals surface area contributed by atoms with Crippen LogP contribution in [0.2, 0.25) is 5.02 Å². The van der Waals surface area contributed by atoms with Crippen LogP contribution >= 0.6 is 11.6 Å². The molecule has 0 spiro atoms. The number of fused-ring (bicyclic) bond motifs is 1. The van der Waals surface area contributed by atoms with Gasteiger partial charge in [-0.2, -0.15) is 5.26 Å². The molecule has 0 radical (unpaired) electrons. The lowest BCUT2D eigenvalue weighted by Gasteiger charge is -2.17. The predicted molar refractivity (Wildman–Crippen MR) is 136 cm³/mol. The average molecular weight is 489 g/mol. The van der Waals surface area contributed by atoms with Gasteiger partial charge >= 0.3 is 0 Å². The zero-order valence-electron chi connectivity index (χ0n) is 19.4. The van der Waals surface area contributed by atoms with Crippen molar-refractivity contribution in [1.29, 1.82) is 5.26 Å². The van der Waals surface area contributed by atoms with E-state index in [2.05, 4.69) is 6.07 Å². The first-order chi connectivity index (χ1) is 17.1. The molecule has 35 heavy (non-hydrogen) atoms. The number of carbonyl (C=O) groups is 1. The van der Waals surface area contributed by atoms with Gasteiger partial charge in [0.05, 0.1) is 11.6 Å². The number of nitriles is 1. The van der Waals surface area contributed by atoms with Gasteiger partial charge in [-0.3, -0.25) is 4.79 Å². The number of para-hydroxylation sites is 2. The second kappa shape index (κ2) is 11.5. The van der Waals surface area contributed by atoms with Crippen molar-refractivity contribution in [3.63, 3.8) is 0 Å². The third-order valence-electron chi connectivity index (χ3n) is 5.50. The highest BCUT2D eigenvalue weighted by Gasteiger charge is 2.26. The molecule has 0 saturated heterocycles. The molecule has 4 rings (SSSR count). The van der Waals surface area contributed by atoms with Crippen molar-refractivity contribution in [2.24, 2.45) is 0 Å². The van der Waals surface area contributed by atoms with E-state index in [4.69, 9.17) is 25.8 Å². The van der Waals surface area contributed by atoms with Crippen LogP contribution in [-0.2, 0) is 11.2 Å². The largest absolute Gasteiger partial charge is 0.490 e. The molecule has 0 aromatic heterocycles. The first kappa shape index (κ1) is 24.2. The normalized spacial score (nSPS) is 12.6. The van der Waals surface area contributed by atoms with Crippen molar-refractivity contribution < 1.29 is 19.0 Å². The van der Waals surface area contributed by atoms with Crippen molar-refractivity contribution in [2.75, 3.05) is 31.3 Å². The number of rotatable bonds is 9. The van der Waals surface area contributed by atoms with Gasteiger partial charge in [0.2, 0.25) is 0 Å². The summed E-state index contributed by atoms with van der Waals surface area (Å²) >= 11 is 6.10. The minimum absolute atomic E-state index is 0.0611. The number of nitrogens with zero attached hydrogens (tertiary/aromatic N) is 2. The zero-order valence-corrected chi connectivity index (χ0v) is 20.1. The topological polar surface area (TPSA) is 71.8 Å². The molecular formula is C28H25ClN2O4. The average Bonchev–Trinajstić information content (AvgIpc) is 3.31. The minimum Gasteiger partial charge on any atom is -0.490 e. The van der Waals surface area contributed by atoms with E-state index in [-0.39, 0.29) is 18.1 Å². The highest BCUT2D eigenvalue weighted by molar-refractivity contribution is 6.32. The summed E-state index contributed by atoms with van der Waals surface area (Å²) in [7, 11) is 0. The Morgan fingerprint density at radius 3 is 2.51 bits per heavy atom. The molecule has 1 aliphatic rings. The fraction of sp³-hybridized carbons (Fsp3) is 0.214. The van der Waals surface area contributed by atoms with Crippen LogP contribution < -0.4 is 19.1 Å². The molecule has 0 atom stereocenters. The van der Waals surface area contributed by atoms with Crippen LogP contribution in [0.5, 0.6) is 17.2 Å². The molecular weight excluding hydrogens is 464 g/mol. The number of hydrogen-bond donors (Lipinski definition) is 0. The van der Waals surface area contributed by atoms with Gasteiger partial charge in [0, 0.05) is 12.2 Å². The Morgan fingerprint density at radius 2 is 1.74 bits per heavy atom. The minimum atomic E-state index is -0.313. The zero-order chi connectivity index (χ0) is 24.6. The third-order valence-corrected chi connectivity index (χ3v) is 5.81. The summed E-state index contributed by atoms with van der Waals surface area (Å²) < 4.78 is 17.3. The first-order valence-electron chi connectivity index (χ1n) is 11.4. The Bertz CT molecular complexity index is 1280. The van der Waals surface area contributed by atoms with Crippen LogP contribution in [0.15, 0.2) is 72.3 Å². The molecule has 3 aromatic rings. The lowest BCUT2D eigenvalue weighted by molar-refractivity contribution is -0.114. The molecule has 0 fully saturated rings. The number of halogens is 1. The lowest BCUT2D eigenvalue weighted by atomic mass is 10.1. The van der Waals surface area contributed by atoms with Gasteiger partial charge in [0.25, 0.3) is 5.91 Å². The van der Waals surface area contributed by atoms with E-state index in [9.17, 15) is 10.1 Å². The highest BCUT2D eigenvalue weighted by atomic mass is 35.5. The van der Waals surface area contributed by atoms with Crippen LogP contribution in [0.1, 0.15) is 18.1 Å². The van der Waals surface area contributed by atoms with Crippen LogP contribution in [0.25, 0.3) is 6.08 Å². The molecule has 1 aliphatic heterocycles. The first-order valence-corrected chi connectivity index (χ1v) is 11.8. The highest BCUT2D eigenvalue weighted by Crippen LogP contribution is 2.31. The Kier molecular flexibility index (Phi) is 7.92. The lowest BCUT2D eigenvalue weighted by Crippen LogP contribution is -2.29. The molecule has 0 N–H and O–H groups in total. The number of benzene rings is 3. The van der Waals surface area contributed by atoms with E-state index >= 15 is 0 Å². The molecule has 7 heteroatoms. The van der Waals surface area contributed by atoms with Gasteiger partial charge in [-0.05, 0) is 60.9 Å². The van der Waals surface area contributed by atoms with Crippen LogP contribution in [0, 0.1) is 11.3 Å². The Balaban J connectivity index is 1.45. The quantitative estimate of drug-likeness (QED) is 0.220. The SMILES string of the molecule is CCOc1cc(/C=C(\C#N)C(=O)N2CCc3ccccc32)ccc1OCCOc1ccccc1Cl. The van der Waals surface area contributed by atoms with Crippen LogP contribution in [0.3, 0.4) is 0 Å². The molecule has 0 bridgehead atoms. The standard InChI is InChI=1S/C28H25ClN2O4/c1-2-33-27-18-20(11-12-26(27)35-16-15-34-25-10-6-4-8-23(25)29)17-22(19-30)28(32)31-14-13-21-7-3-5-9-24(21)31/h3-12,17-18H,2,13-16H2,1H3/b22-17+. The molecule has 1 heterocycles. The molecule has 3 aromatic carbocycles. The third kappa shape index (κ3) is 5.76. The van der Waals surface area contributed by atoms with E-state index in [1.807, 2.05) is 43.3 Å². The van der Waals surface area contributed by atoms with Gasteiger partial charge < -0.3 is 19.1 Å². The number of carbonyl (C=O) groups excluding carboxylic acids is 1. The summed E-state index contributed by atoms with van der Waals surface area (Å²) in [4.78, 5) is 14.7. The summed E-state index contributed by atoms with van der Waals surface area (Å²) in [6.45, 7) is 3.47. The van der Waals surface area contributed by atoms with Crippen LogP contribution in [-0.4, -0.2) is 32.3 Å². The van der Waals surface area contributed by atoms with Gasteiger partial charge in [0.15, 0.2) is 11.5 Å². The van der Waals surface area contributed by atoms with Gasteiger partial charge in [-0.15, -0.1) is 0 Å². The maximum atomic E-state index is 13.1. The van der Waals surface area contributed by atoms with E-state index in [0.29, 0.717) is 47.6 Å². The van der Waals surface area contributed by atoms with Crippen molar-refractivity contribution in [2.45, 2.75) is 13.3 Å². The smallest absolute Gasteiger partial charge is 0.268 e. The second-order valence-corrected chi connectivity index (χ2v) is 8.18. The maximum Gasteiger partial charge on any atom is 0.268 e. The summed E-state index contributed by atoms with van der Waals surface area (Å²) in [5, 5.41) is 10.2. The van der Waals surface area contributed by atoms with E-state index in [1.165, 1.54) is 0 Å². The van der Waals surface area contributed by atoms with E-state index in [1.54, 1.807) is 41.3 Å². The monoisotopic (exact) mass is 488 g/mol. The Hall–Kier alpha value is -3.95. The summed E-state index contributed by atoms with van der Waals surface area (Å²) in [6.07, 6.45) is 2.36. The fourth-order valence-electron chi connectivity index (χ4n) is 3.87. The molecule has 0 unspecified atom stereocenters. The maximum absolute atomic E-state index is 13.1. The molecule has 178 valence electrons. The van der Waals surface area contributed by atoms with E-state index < -0.39 is 0 Å². The summed E-state index contributed by atoms with van der Waals surface area (Å²) in [5.74, 6) is 1.35. The van der Waals surface area contributed by atoms with Crippen LogP contribution in [0.4, 0.5) is 5.69 Å². The van der Waals surface area contributed by atoms with Gasteiger partial charge in [0.1, 0.15) is 30.6 Å². The fourth-order valence-corrected chi connectivity index (χ4v) is 4.06. The molecule has 0 aliphatic carbocycles. The number of ether oxygens (including phenoxy) is 3. The van der Waals surface area contributed by atoms with Crippen molar-refractivity contribution in [1.82, 2.24) is 0 Å². The van der Waals surface area contributed by atoms with Crippen molar-refractivity contribution >= 4 is 29.3 Å². The summed E-state index contributed by atoms with van der Waals surface area (Å²) in [6, 6.07) is 22.4. The Morgan fingerprint density at radius 1 is 1.00 bits per heavy atom. The van der Waals surface area contributed by atoms with Gasteiger partial charge in [-0.1, -0.05) is 48.0 Å². The molecule has 1 amide bonds. The Labute approximate surface area is 209 Å². The second-order valence-electron chi connectivity index (χ2n) is 7.77. The van der Waals surface area contributed by atoms with E-state index in [0.717, 1.165) is 17.7 Å². The molecule has 6 nitrogen and oxygen atoms in total. The predicted octanol–water partition coefficient (Wildman–Crippen LogP) is 5.69. The van der Waals surface area contributed by atoms with Crippen molar-refractivity contribution in [3.05, 3.63) is 88.5 Å². The number of hydrogen-bond acceptors (Lipinski definition) is 5.